The number of rotatable bonds is 5. The van der Waals surface area contributed by atoms with Crippen molar-refractivity contribution in [1.82, 2.24) is 4.90 Å². The van der Waals surface area contributed by atoms with E-state index >= 15 is 0 Å². The van der Waals surface area contributed by atoms with Gasteiger partial charge in [0.2, 0.25) is 5.91 Å². The SMILES string of the molecule is COCCN1C[C@@H](Cc2cc(C)cc(C)c2)CC1=O. The zero-order valence-electron chi connectivity index (χ0n) is 12.1. The summed E-state index contributed by atoms with van der Waals surface area (Å²) in [6.07, 6.45) is 1.68. The first-order chi connectivity index (χ1) is 9.08. The van der Waals surface area contributed by atoms with E-state index in [1.165, 1.54) is 16.7 Å². The summed E-state index contributed by atoms with van der Waals surface area (Å²) in [5.41, 5.74) is 3.95. The van der Waals surface area contributed by atoms with Crippen LogP contribution >= 0.6 is 0 Å². The minimum Gasteiger partial charge on any atom is -0.383 e. The minimum absolute atomic E-state index is 0.270. The highest BCUT2D eigenvalue weighted by Gasteiger charge is 2.29. The Morgan fingerprint density at radius 2 is 1.95 bits per heavy atom. The van der Waals surface area contributed by atoms with Crippen molar-refractivity contribution in [1.29, 1.82) is 0 Å². The molecular weight excluding hydrogens is 238 g/mol. The lowest BCUT2D eigenvalue weighted by atomic mass is 9.96. The molecule has 2 rings (SSSR count). The van der Waals surface area contributed by atoms with Crippen LogP contribution in [0.4, 0.5) is 0 Å². The highest BCUT2D eigenvalue weighted by atomic mass is 16.5. The molecule has 0 unspecified atom stereocenters. The van der Waals surface area contributed by atoms with Crippen molar-refractivity contribution < 1.29 is 9.53 Å². The van der Waals surface area contributed by atoms with Crippen LogP contribution in [0, 0.1) is 19.8 Å². The van der Waals surface area contributed by atoms with Gasteiger partial charge >= 0.3 is 0 Å². The summed E-state index contributed by atoms with van der Waals surface area (Å²) >= 11 is 0. The second-order valence-electron chi connectivity index (χ2n) is 5.60. The molecule has 0 N–H and O–H groups in total. The highest BCUT2D eigenvalue weighted by molar-refractivity contribution is 5.78. The van der Waals surface area contributed by atoms with Crippen molar-refractivity contribution in [3.8, 4) is 0 Å². The summed E-state index contributed by atoms with van der Waals surface area (Å²) in [5, 5.41) is 0. The molecule has 1 aromatic rings. The van der Waals surface area contributed by atoms with Crippen LogP contribution in [0.1, 0.15) is 23.1 Å². The van der Waals surface area contributed by atoms with E-state index in [1.54, 1.807) is 7.11 Å². The van der Waals surface area contributed by atoms with Crippen molar-refractivity contribution in [2.45, 2.75) is 26.7 Å². The summed E-state index contributed by atoms with van der Waals surface area (Å²) < 4.78 is 5.04. The Kier molecular flexibility index (Phi) is 4.59. The first-order valence-corrected chi connectivity index (χ1v) is 6.92. The number of hydrogen-bond donors (Lipinski definition) is 0. The fourth-order valence-electron chi connectivity index (χ4n) is 2.93. The van der Waals surface area contributed by atoms with Crippen LogP contribution in [-0.4, -0.2) is 37.6 Å². The molecule has 1 atom stereocenters. The second kappa shape index (κ2) is 6.20. The predicted molar refractivity (Wildman–Crippen MR) is 76.2 cm³/mol. The zero-order chi connectivity index (χ0) is 13.8. The van der Waals surface area contributed by atoms with Crippen LogP contribution in [0.5, 0.6) is 0 Å². The number of carbonyl (C=O) groups is 1. The smallest absolute Gasteiger partial charge is 0.223 e. The van der Waals surface area contributed by atoms with Crippen molar-refractivity contribution in [3.05, 3.63) is 34.9 Å². The number of methoxy groups -OCH3 is 1. The predicted octanol–water partition coefficient (Wildman–Crippen LogP) is 2.34. The molecule has 1 aromatic carbocycles. The molecular formula is C16H23NO2. The molecule has 1 aliphatic heterocycles. The molecule has 0 bridgehead atoms. The maximum absolute atomic E-state index is 11.9. The van der Waals surface area contributed by atoms with Gasteiger partial charge in [0.05, 0.1) is 6.61 Å². The average molecular weight is 261 g/mol. The molecule has 0 saturated carbocycles. The molecule has 0 spiro atoms. The number of amides is 1. The third-order valence-electron chi connectivity index (χ3n) is 3.67. The fraction of sp³-hybridized carbons (Fsp3) is 0.562. The van der Waals surface area contributed by atoms with Gasteiger partial charge in [-0.2, -0.15) is 0 Å². The molecule has 1 amide bonds. The van der Waals surface area contributed by atoms with Gasteiger partial charge in [0.15, 0.2) is 0 Å². The Balaban J connectivity index is 1.95. The third-order valence-corrected chi connectivity index (χ3v) is 3.67. The van der Waals surface area contributed by atoms with Crippen LogP contribution < -0.4 is 0 Å². The van der Waals surface area contributed by atoms with Crippen LogP contribution in [-0.2, 0) is 16.0 Å². The summed E-state index contributed by atoms with van der Waals surface area (Å²) in [4.78, 5) is 13.8. The number of benzene rings is 1. The lowest BCUT2D eigenvalue weighted by Crippen LogP contribution is -2.28. The normalized spacial score (nSPS) is 19.2. The standard InChI is InChI=1S/C16H23NO2/c1-12-6-13(2)8-14(7-12)9-15-10-16(18)17(11-15)4-5-19-3/h6-8,15H,4-5,9-11H2,1-3H3/t15-/m0/s1. The van der Waals surface area contributed by atoms with Crippen LogP contribution in [0.3, 0.4) is 0 Å². The van der Waals surface area contributed by atoms with Gasteiger partial charge in [0.25, 0.3) is 0 Å². The van der Waals surface area contributed by atoms with E-state index in [1.807, 2.05) is 4.90 Å². The van der Waals surface area contributed by atoms with Crippen LogP contribution in [0.15, 0.2) is 18.2 Å². The summed E-state index contributed by atoms with van der Waals surface area (Å²) in [6.45, 7) is 6.47. The first kappa shape index (κ1) is 14.1. The maximum Gasteiger partial charge on any atom is 0.223 e. The quantitative estimate of drug-likeness (QED) is 0.814. The topological polar surface area (TPSA) is 29.5 Å². The molecule has 3 nitrogen and oxygen atoms in total. The van der Waals surface area contributed by atoms with Gasteiger partial charge < -0.3 is 9.64 Å². The highest BCUT2D eigenvalue weighted by Crippen LogP contribution is 2.22. The van der Waals surface area contributed by atoms with Gasteiger partial charge in [-0.05, 0) is 31.7 Å². The monoisotopic (exact) mass is 261 g/mol. The van der Waals surface area contributed by atoms with E-state index in [0.29, 0.717) is 18.9 Å². The van der Waals surface area contributed by atoms with Gasteiger partial charge in [-0.25, -0.2) is 0 Å². The zero-order valence-corrected chi connectivity index (χ0v) is 12.1. The summed E-state index contributed by atoms with van der Waals surface area (Å²) in [5.74, 6) is 0.719. The fourth-order valence-corrected chi connectivity index (χ4v) is 2.93. The Bertz CT molecular complexity index is 436. The average Bonchev–Trinajstić information content (AvgIpc) is 2.65. The van der Waals surface area contributed by atoms with E-state index in [9.17, 15) is 4.79 Å². The molecule has 0 radical (unpaired) electrons. The Morgan fingerprint density at radius 1 is 1.26 bits per heavy atom. The second-order valence-corrected chi connectivity index (χ2v) is 5.60. The number of likely N-dealkylation sites (tertiary alicyclic amines) is 1. The Hall–Kier alpha value is -1.35. The van der Waals surface area contributed by atoms with Crippen molar-refractivity contribution in [2.24, 2.45) is 5.92 Å². The lowest BCUT2D eigenvalue weighted by Gasteiger charge is -2.16. The van der Waals surface area contributed by atoms with Crippen molar-refractivity contribution in [2.75, 3.05) is 26.8 Å². The Morgan fingerprint density at radius 3 is 2.58 bits per heavy atom. The Labute approximate surface area is 115 Å². The van der Waals surface area contributed by atoms with E-state index in [4.69, 9.17) is 4.74 Å². The third kappa shape index (κ3) is 3.80. The maximum atomic E-state index is 11.9. The van der Waals surface area contributed by atoms with Crippen LogP contribution in [0.25, 0.3) is 0 Å². The van der Waals surface area contributed by atoms with Gasteiger partial charge in [0, 0.05) is 26.6 Å². The number of hydrogen-bond acceptors (Lipinski definition) is 2. The van der Waals surface area contributed by atoms with Gasteiger partial charge in [-0.1, -0.05) is 29.3 Å². The van der Waals surface area contributed by atoms with Gasteiger partial charge in [-0.3, -0.25) is 4.79 Å². The molecule has 1 heterocycles. The number of nitrogens with zero attached hydrogens (tertiary/aromatic N) is 1. The van der Waals surface area contributed by atoms with Gasteiger partial charge in [0.1, 0.15) is 0 Å². The molecule has 3 heteroatoms. The largest absolute Gasteiger partial charge is 0.383 e. The molecule has 19 heavy (non-hydrogen) atoms. The van der Waals surface area contributed by atoms with Crippen molar-refractivity contribution in [3.63, 3.8) is 0 Å². The number of aryl methyl sites for hydroxylation is 2. The van der Waals surface area contributed by atoms with E-state index in [2.05, 4.69) is 32.0 Å². The molecule has 1 aliphatic rings. The molecule has 0 aromatic heterocycles. The number of carbonyl (C=O) groups excluding carboxylic acids is 1. The van der Waals surface area contributed by atoms with E-state index < -0.39 is 0 Å². The lowest BCUT2D eigenvalue weighted by molar-refractivity contribution is -0.128. The summed E-state index contributed by atoms with van der Waals surface area (Å²) in [7, 11) is 1.67. The van der Waals surface area contributed by atoms with E-state index in [0.717, 1.165) is 19.5 Å². The molecule has 1 saturated heterocycles. The molecule has 0 aliphatic carbocycles. The van der Waals surface area contributed by atoms with Crippen LogP contribution in [0.2, 0.25) is 0 Å². The first-order valence-electron chi connectivity index (χ1n) is 6.92. The molecule has 104 valence electrons. The summed E-state index contributed by atoms with van der Waals surface area (Å²) in [6, 6.07) is 6.65. The van der Waals surface area contributed by atoms with E-state index in [-0.39, 0.29) is 5.91 Å². The van der Waals surface area contributed by atoms with Crippen molar-refractivity contribution >= 4 is 5.91 Å². The minimum atomic E-state index is 0.270. The molecule has 1 fully saturated rings. The van der Waals surface area contributed by atoms with Gasteiger partial charge in [-0.15, -0.1) is 0 Å². The number of ether oxygens (including phenoxy) is 1.